The molecule has 1 rings (SSSR count). The van der Waals surface area contributed by atoms with Crippen molar-refractivity contribution in [2.45, 2.75) is 45.6 Å². The second kappa shape index (κ2) is 5.14. The molecule has 0 aromatic rings. The van der Waals surface area contributed by atoms with Crippen LogP contribution in [0.5, 0.6) is 0 Å². The summed E-state index contributed by atoms with van der Waals surface area (Å²) >= 11 is 0. The Morgan fingerprint density at radius 1 is 1.40 bits per heavy atom. The minimum Gasteiger partial charge on any atom is -0.480 e. The van der Waals surface area contributed by atoms with Gasteiger partial charge in [-0.1, -0.05) is 13.8 Å². The first kappa shape index (κ1) is 12.0. The minimum absolute atomic E-state index is 0.120. The number of carboxylic acids is 1. The predicted octanol–water partition coefficient (Wildman–Crippen LogP) is 1.40. The van der Waals surface area contributed by atoms with Gasteiger partial charge in [0.05, 0.1) is 0 Å². The lowest BCUT2D eigenvalue weighted by Crippen LogP contribution is -2.41. The second-order valence-corrected chi connectivity index (χ2v) is 4.74. The molecular weight excluding hydrogens is 194 g/mol. The first-order chi connectivity index (χ1) is 6.99. The predicted molar refractivity (Wildman–Crippen MR) is 56.4 cm³/mol. The molecule has 0 saturated heterocycles. The fourth-order valence-corrected chi connectivity index (χ4v) is 1.53. The Labute approximate surface area is 90.0 Å². The Hall–Kier alpha value is -1.06. The highest BCUT2D eigenvalue weighted by Gasteiger charge is 2.27. The summed E-state index contributed by atoms with van der Waals surface area (Å²) in [5.41, 5.74) is 0. The van der Waals surface area contributed by atoms with Gasteiger partial charge < -0.3 is 10.4 Å². The lowest BCUT2D eigenvalue weighted by atomic mass is 10.0. The van der Waals surface area contributed by atoms with Crippen LogP contribution < -0.4 is 5.32 Å². The molecule has 1 aliphatic carbocycles. The molecule has 1 saturated carbocycles. The molecule has 86 valence electrons. The van der Waals surface area contributed by atoms with Crippen molar-refractivity contribution in [2.75, 3.05) is 0 Å². The molecule has 0 bridgehead atoms. The summed E-state index contributed by atoms with van der Waals surface area (Å²) in [5, 5.41) is 11.5. The zero-order valence-electron chi connectivity index (χ0n) is 9.32. The lowest BCUT2D eigenvalue weighted by Gasteiger charge is -2.16. The number of hydrogen-bond acceptors (Lipinski definition) is 2. The van der Waals surface area contributed by atoms with E-state index in [1.165, 1.54) is 0 Å². The maximum atomic E-state index is 11.4. The van der Waals surface area contributed by atoms with Crippen molar-refractivity contribution in [3.63, 3.8) is 0 Å². The maximum absolute atomic E-state index is 11.4. The molecule has 0 unspecified atom stereocenters. The monoisotopic (exact) mass is 213 g/mol. The van der Waals surface area contributed by atoms with E-state index in [1.54, 1.807) is 0 Å². The molecule has 0 aromatic heterocycles. The van der Waals surface area contributed by atoms with E-state index in [-0.39, 0.29) is 11.8 Å². The van der Waals surface area contributed by atoms with Crippen LogP contribution in [0.3, 0.4) is 0 Å². The van der Waals surface area contributed by atoms with Crippen molar-refractivity contribution in [3.8, 4) is 0 Å². The summed E-state index contributed by atoms with van der Waals surface area (Å²) in [6.45, 7) is 3.89. The largest absolute Gasteiger partial charge is 0.480 e. The van der Waals surface area contributed by atoms with Crippen molar-refractivity contribution in [1.82, 2.24) is 5.32 Å². The molecule has 1 fully saturated rings. The highest BCUT2D eigenvalue weighted by molar-refractivity contribution is 5.83. The molecule has 0 heterocycles. The van der Waals surface area contributed by atoms with Crippen molar-refractivity contribution in [1.29, 1.82) is 0 Å². The Morgan fingerprint density at radius 2 is 2.00 bits per heavy atom. The zero-order chi connectivity index (χ0) is 11.4. The van der Waals surface area contributed by atoms with Crippen molar-refractivity contribution in [3.05, 3.63) is 0 Å². The first-order valence-electron chi connectivity index (χ1n) is 5.51. The lowest BCUT2D eigenvalue weighted by molar-refractivity contribution is -0.142. The summed E-state index contributed by atoms with van der Waals surface area (Å²) in [6.07, 6.45) is 3.19. The van der Waals surface area contributed by atoms with Crippen LogP contribution in [0.4, 0.5) is 0 Å². The Balaban J connectivity index is 2.34. The van der Waals surface area contributed by atoms with Gasteiger partial charge in [-0.25, -0.2) is 4.79 Å². The molecule has 1 aliphatic rings. The van der Waals surface area contributed by atoms with Gasteiger partial charge in [0, 0.05) is 6.42 Å². The smallest absolute Gasteiger partial charge is 0.326 e. The summed E-state index contributed by atoms with van der Waals surface area (Å²) in [6, 6.07) is -0.726. The van der Waals surface area contributed by atoms with Crippen molar-refractivity contribution < 1.29 is 14.7 Å². The average molecular weight is 213 g/mol. The number of rotatable bonds is 6. The van der Waals surface area contributed by atoms with Crippen LogP contribution in [0.2, 0.25) is 0 Å². The van der Waals surface area contributed by atoms with E-state index in [0.29, 0.717) is 18.8 Å². The van der Waals surface area contributed by atoms with Crippen molar-refractivity contribution >= 4 is 11.9 Å². The fourth-order valence-electron chi connectivity index (χ4n) is 1.53. The summed E-state index contributed by atoms with van der Waals surface area (Å²) in [7, 11) is 0. The van der Waals surface area contributed by atoms with Gasteiger partial charge in [0.15, 0.2) is 0 Å². The standard InChI is InChI=1S/C11H19NO3/c1-7(2)5-9(11(14)15)12-10(13)6-8-3-4-8/h7-9H,3-6H2,1-2H3,(H,12,13)(H,14,15)/t9-/m1/s1. The van der Waals surface area contributed by atoms with Gasteiger partial charge in [0.1, 0.15) is 6.04 Å². The third kappa shape index (κ3) is 4.81. The molecule has 0 aliphatic heterocycles. The molecule has 0 spiro atoms. The van der Waals surface area contributed by atoms with Crippen LogP contribution in [-0.2, 0) is 9.59 Å². The van der Waals surface area contributed by atoms with Crippen LogP contribution in [-0.4, -0.2) is 23.0 Å². The molecule has 0 aromatic carbocycles. The van der Waals surface area contributed by atoms with E-state index in [0.717, 1.165) is 12.8 Å². The third-order valence-corrected chi connectivity index (χ3v) is 2.51. The summed E-state index contributed by atoms with van der Waals surface area (Å²) in [5.74, 6) is -0.288. The van der Waals surface area contributed by atoms with Crippen LogP contribution in [0.25, 0.3) is 0 Å². The number of hydrogen-bond donors (Lipinski definition) is 2. The first-order valence-corrected chi connectivity index (χ1v) is 5.51. The van der Waals surface area contributed by atoms with Gasteiger partial charge in [0.25, 0.3) is 0 Å². The SMILES string of the molecule is CC(C)C[C@@H](NC(=O)CC1CC1)C(=O)O. The quantitative estimate of drug-likeness (QED) is 0.701. The number of aliphatic carboxylic acids is 1. The van der Waals surface area contributed by atoms with E-state index < -0.39 is 12.0 Å². The van der Waals surface area contributed by atoms with E-state index in [2.05, 4.69) is 5.32 Å². The van der Waals surface area contributed by atoms with Gasteiger partial charge in [-0.05, 0) is 31.1 Å². The Bertz CT molecular complexity index is 246. The number of nitrogens with one attached hydrogen (secondary N) is 1. The topological polar surface area (TPSA) is 66.4 Å². The van der Waals surface area contributed by atoms with E-state index in [1.807, 2.05) is 13.8 Å². The normalized spacial score (nSPS) is 17.5. The Morgan fingerprint density at radius 3 is 2.40 bits per heavy atom. The molecule has 4 nitrogen and oxygen atoms in total. The number of carboxylic acid groups (broad SMARTS) is 1. The second-order valence-electron chi connectivity index (χ2n) is 4.74. The van der Waals surface area contributed by atoms with Crippen molar-refractivity contribution in [2.24, 2.45) is 11.8 Å². The molecule has 2 N–H and O–H groups in total. The number of carbonyl (C=O) groups is 2. The van der Waals surface area contributed by atoms with Gasteiger partial charge in [-0.2, -0.15) is 0 Å². The zero-order valence-corrected chi connectivity index (χ0v) is 9.32. The maximum Gasteiger partial charge on any atom is 0.326 e. The van der Waals surface area contributed by atoms with E-state index in [9.17, 15) is 9.59 Å². The molecule has 0 radical (unpaired) electrons. The third-order valence-electron chi connectivity index (χ3n) is 2.51. The van der Waals surface area contributed by atoms with Crippen LogP contribution >= 0.6 is 0 Å². The average Bonchev–Trinajstić information content (AvgIpc) is 2.85. The Kier molecular flexibility index (Phi) is 4.12. The minimum atomic E-state index is -0.937. The molecule has 1 atom stereocenters. The van der Waals surface area contributed by atoms with Gasteiger partial charge in [-0.15, -0.1) is 0 Å². The molecule has 15 heavy (non-hydrogen) atoms. The molecule has 4 heteroatoms. The fraction of sp³-hybridized carbons (Fsp3) is 0.818. The number of carbonyl (C=O) groups excluding carboxylic acids is 1. The van der Waals surface area contributed by atoms with Crippen LogP contribution in [0, 0.1) is 11.8 Å². The van der Waals surface area contributed by atoms with E-state index >= 15 is 0 Å². The highest BCUT2D eigenvalue weighted by atomic mass is 16.4. The summed E-state index contributed by atoms with van der Waals surface area (Å²) < 4.78 is 0. The highest BCUT2D eigenvalue weighted by Crippen LogP contribution is 2.32. The molecular formula is C11H19NO3. The van der Waals surface area contributed by atoms with Gasteiger partial charge in [0.2, 0.25) is 5.91 Å². The van der Waals surface area contributed by atoms with Crippen LogP contribution in [0.15, 0.2) is 0 Å². The number of amides is 1. The summed E-state index contributed by atoms with van der Waals surface area (Å²) in [4.78, 5) is 22.3. The van der Waals surface area contributed by atoms with Gasteiger partial charge in [-0.3, -0.25) is 4.79 Å². The van der Waals surface area contributed by atoms with Crippen LogP contribution in [0.1, 0.15) is 39.5 Å². The molecule has 1 amide bonds. The van der Waals surface area contributed by atoms with Gasteiger partial charge >= 0.3 is 5.97 Å². The van der Waals surface area contributed by atoms with E-state index in [4.69, 9.17) is 5.11 Å².